The minimum Gasteiger partial charge on any atom is -1.00 e. The summed E-state index contributed by atoms with van der Waals surface area (Å²) < 4.78 is 3.28. The molecule has 0 spiro atoms. The van der Waals surface area contributed by atoms with Gasteiger partial charge in [0.25, 0.3) is 0 Å². The predicted molar refractivity (Wildman–Crippen MR) is 27.9 cm³/mol. The van der Waals surface area contributed by atoms with Crippen molar-refractivity contribution >= 4 is 0 Å². The van der Waals surface area contributed by atoms with Gasteiger partial charge in [0, 0.05) is 0 Å². The molecule has 0 N–H and O–H groups in total. The molecule has 0 amide bonds. The van der Waals surface area contributed by atoms with Crippen LogP contribution in [-0.2, 0) is 23.2 Å². The van der Waals surface area contributed by atoms with Crippen molar-refractivity contribution in [2.75, 3.05) is 0 Å². The molecule has 0 radical (unpaired) electrons. The van der Waals surface area contributed by atoms with Crippen molar-refractivity contribution in [2.45, 2.75) is 8.26 Å². The maximum atomic E-state index is 2.37. The zero-order chi connectivity index (χ0) is 5.11. The number of halogens is 2. The van der Waals surface area contributed by atoms with Crippen molar-refractivity contribution in [3.8, 4) is 0 Å². The van der Waals surface area contributed by atoms with Gasteiger partial charge in [0.1, 0.15) is 0 Å². The van der Waals surface area contributed by atoms with Crippen molar-refractivity contribution in [2.24, 2.45) is 0 Å². The van der Waals surface area contributed by atoms with Gasteiger partial charge < -0.3 is 24.8 Å². The van der Waals surface area contributed by atoms with E-state index in [1.807, 2.05) is 0 Å². The second kappa shape index (κ2) is 7.05. The summed E-state index contributed by atoms with van der Waals surface area (Å²) in [4.78, 5) is 0. The summed E-state index contributed by atoms with van der Waals surface area (Å²) in [5, 5.41) is 0. The average Bonchev–Trinajstić information content (AvgIpc) is 2.14. The first-order valence-corrected chi connectivity index (χ1v) is 6.33. The van der Waals surface area contributed by atoms with Crippen LogP contribution >= 0.6 is 0 Å². The third-order valence-corrected chi connectivity index (χ3v) is 3.67. The van der Waals surface area contributed by atoms with Crippen LogP contribution in [0.2, 0.25) is 8.26 Å². The summed E-state index contributed by atoms with van der Waals surface area (Å²) >= 11 is -0.0131. The van der Waals surface area contributed by atoms with Crippen LogP contribution in [0.25, 0.3) is 0 Å². The van der Waals surface area contributed by atoms with Crippen LogP contribution in [0.5, 0.6) is 0 Å². The van der Waals surface area contributed by atoms with Gasteiger partial charge in [0.15, 0.2) is 0 Å². The third-order valence-electron chi connectivity index (χ3n) is 1.08. The summed E-state index contributed by atoms with van der Waals surface area (Å²) in [7, 11) is 0. The molecule has 1 rings (SSSR count). The molecule has 0 aromatic carbocycles. The van der Waals surface area contributed by atoms with Gasteiger partial charge in [-0.1, -0.05) is 0 Å². The first-order valence-electron chi connectivity index (χ1n) is 2.46. The second-order valence-corrected chi connectivity index (χ2v) is 4.64. The van der Waals surface area contributed by atoms with E-state index >= 15 is 0 Å². The molecular weight excluding hydrogens is 234 g/mol. The van der Waals surface area contributed by atoms with Gasteiger partial charge in [-0.2, -0.15) is 0 Å². The first kappa shape index (κ1) is 12.6. The van der Waals surface area contributed by atoms with Gasteiger partial charge in [-0.25, -0.2) is 0 Å². The molecular formula is C6H8Cl2Zr. The van der Waals surface area contributed by atoms with Gasteiger partial charge in [0.2, 0.25) is 0 Å². The molecule has 0 nitrogen and oxygen atoms in total. The summed E-state index contributed by atoms with van der Waals surface area (Å²) in [5.41, 5.74) is 0. The average molecular weight is 242 g/mol. The minimum absolute atomic E-state index is 0. The smallest absolute Gasteiger partial charge is 1.00 e. The molecule has 0 atom stereocenters. The quantitative estimate of drug-likeness (QED) is 0.440. The zero-order valence-corrected chi connectivity index (χ0v) is 9.11. The number of hydrogen-bond donors (Lipinski definition) is 0. The van der Waals surface area contributed by atoms with E-state index < -0.39 is 0 Å². The van der Waals surface area contributed by atoms with Crippen molar-refractivity contribution in [3.05, 3.63) is 24.3 Å². The van der Waals surface area contributed by atoms with Crippen molar-refractivity contribution in [1.82, 2.24) is 0 Å². The Kier molecular flexibility index (Phi) is 9.88. The first-order chi connectivity index (χ1) is 3.43. The Morgan fingerprint density at radius 1 is 1.11 bits per heavy atom. The molecule has 0 saturated carbocycles. The van der Waals surface area contributed by atoms with E-state index in [4.69, 9.17) is 0 Å². The monoisotopic (exact) mass is 240 g/mol. The fourth-order valence-electron chi connectivity index (χ4n) is 0.624. The molecule has 0 aromatic heterocycles. The molecule has 0 bridgehead atoms. The molecule has 1 aliphatic rings. The minimum atomic E-state index is -0.0131. The second-order valence-electron chi connectivity index (χ2n) is 1.58. The number of rotatable bonds is 1. The molecule has 50 valence electrons. The van der Waals surface area contributed by atoms with Gasteiger partial charge in [-0.15, -0.1) is 0 Å². The van der Waals surface area contributed by atoms with Gasteiger partial charge in [-0.3, -0.25) is 0 Å². The van der Waals surface area contributed by atoms with Crippen molar-refractivity contribution in [3.63, 3.8) is 0 Å². The maximum Gasteiger partial charge on any atom is -1.00 e. The molecule has 0 fully saturated rings. The Hall–Kier alpha value is 0.943. The summed E-state index contributed by atoms with van der Waals surface area (Å²) in [6.45, 7) is 0. The van der Waals surface area contributed by atoms with E-state index in [2.05, 4.69) is 28.9 Å². The van der Waals surface area contributed by atoms with Crippen molar-refractivity contribution < 1.29 is 48.0 Å². The van der Waals surface area contributed by atoms with E-state index in [1.54, 1.807) is 0 Å². The van der Waals surface area contributed by atoms with Gasteiger partial charge >= 0.3 is 55.8 Å². The molecule has 0 saturated heterocycles. The molecule has 1 aliphatic carbocycles. The summed E-state index contributed by atoms with van der Waals surface area (Å²) in [6.07, 6.45) is 8.89. The van der Waals surface area contributed by atoms with E-state index in [0.29, 0.717) is 0 Å². The van der Waals surface area contributed by atoms with Crippen LogP contribution in [0.1, 0.15) is 0 Å². The SMILES string of the molecule is [CH3][Zr+2][CH]1C=CC=C1.[Cl-].[Cl-]. The Labute approximate surface area is 80.2 Å². The number of hydrogen-bond acceptors (Lipinski definition) is 0. The standard InChI is InChI=1S/C5H5.CH3.2ClH.Zr/c1-2-4-5-3-1;;;;/h1-5H;1H3;2*1H;/q;;;;+2/p-2. The topological polar surface area (TPSA) is 0 Å². The fourth-order valence-corrected chi connectivity index (χ4v) is 2.12. The largest absolute Gasteiger partial charge is 1.00 e. The van der Waals surface area contributed by atoms with Crippen LogP contribution in [0.3, 0.4) is 0 Å². The third kappa shape index (κ3) is 4.36. The Bertz CT molecular complexity index is 97.6. The van der Waals surface area contributed by atoms with Gasteiger partial charge in [0.05, 0.1) is 0 Å². The summed E-state index contributed by atoms with van der Waals surface area (Å²) in [5.74, 6) is 0. The van der Waals surface area contributed by atoms with Crippen LogP contribution in [0.15, 0.2) is 24.3 Å². The van der Waals surface area contributed by atoms with Crippen LogP contribution < -0.4 is 24.8 Å². The van der Waals surface area contributed by atoms with Crippen LogP contribution in [0, 0.1) is 0 Å². The molecule has 0 aromatic rings. The molecule has 0 unspecified atom stereocenters. The Morgan fingerprint density at radius 3 is 1.78 bits per heavy atom. The predicted octanol–water partition coefficient (Wildman–Crippen LogP) is -3.96. The van der Waals surface area contributed by atoms with Crippen molar-refractivity contribution in [1.29, 1.82) is 0 Å². The Balaban J connectivity index is 0. The molecule has 0 aliphatic heterocycles. The van der Waals surface area contributed by atoms with Gasteiger partial charge in [-0.05, 0) is 0 Å². The van der Waals surface area contributed by atoms with E-state index in [0.717, 1.165) is 3.63 Å². The maximum absolute atomic E-state index is 2.37. The normalized spacial score (nSPS) is 13.9. The van der Waals surface area contributed by atoms with E-state index in [1.165, 1.54) is 0 Å². The Morgan fingerprint density at radius 2 is 1.56 bits per heavy atom. The van der Waals surface area contributed by atoms with E-state index in [9.17, 15) is 0 Å². The van der Waals surface area contributed by atoms with Crippen LogP contribution in [-0.4, -0.2) is 0 Å². The summed E-state index contributed by atoms with van der Waals surface area (Å²) in [6, 6.07) is 0. The van der Waals surface area contributed by atoms with E-state index in [-0.39, 0.29) is 48.0 Å². The fraction of sp³-hybridized carbons (Fsp3) is 0.333. The van der Waals surface area contributed by atoms with Crippen LogP contribution in [0.4, 0.5) is 0 Å². The number of allylic oxidation sites excluding steroid dienone is 4. The molecule has 3 heteroatoms. The molecule has 0 heterocycles. The zero-order valence-electron chi connectivity index (χ0n) is 5.14. The molecule has 9 heavy (non-hydrogen) atoms.